The molecule has 2 aromatic carbocycles. The van der Waals surface area contributed by atoms with Crippen LogP contribution in [0.1, 0.15) is 52.7 Å². The zero-order valence-corrected chi connectivity index (χ0v) is 17.9. The van der Waals surface area contributed by atoms with Crippen LogP contribution in [-0.2, 0) is 13.1 Å². The second-order valence-electron chi connectivity index (χ2n) is 8.50. The third kappa shape index (κ3) is 4.84. The van der Waals surface area contributed by atoms with Gasteiger partial charge in [-0.05, 0) is 51.9 Å². The maximum atomic E-state index is 13.0. The van der Waals surface area contributed by atoms with E-state index in [2.05, 4.69) is 9.80 Å². The molecule has 2 saturated heterocycles. The predicted molar refractivity (Wildman–Crippen MR) is 119 cm³/mol. The summed E-state index contributed by atoms with van der Waals surface area (Å²) in [6.07, 6.45) is 4.32. The number of benzene rings is 2. The molecule has 0 atom stereocenters. The predicted octanol–water partition coefficient (Wildman–Crippen LogP) is 3.93. The highest BCUT2D eigenvalue weighted by molar-refractivity contribution is 6.09. The first kappa shape index (κ1) is 22.0. The van der Waals surface area contributed by atoms with E-state index in [1.54, 1.807) is 24.3 Å². The van der Waals surface area contributed by atoms with Crippen LogP contribution < -0.4 is 0 Å². The molecule has 0 radical (unpaired) electrons. The Hall–Kier alpha value is -3.17. The molecule has 0 aromatic heterocycles. The number of nitrogens with zero attached hydrogens (tertiary/aromatic N) is 4. The van der Waals surface area contributed by atoms with Crippen molar-refractivity contribution in [3.05, 3.63) is 78.9 Å². The van der Waals surface area contributed by atoms with Crippen LogP contribution in [0.15, 0.2) is 36.4 Å². The van der Waals surface area contributed by atoms with Crippen molar-refractivity contribution in [2.24, 2.45) is 0 Å². The van der Waals surface area contributed by atoms with Crippen LogP contribution in [0.4, 0.5) is 11.4 Å². The van der Waals surface area contributed by atoms with Crippen molar-refractivity contribution in [1.29, 1.82) is 0 Å². The van der Waals surface area contributed by atoms with Gasteiger partial charge in [0.25, 0.3) is 11.4 Å². The molecule has 2 aliphatic rings. The molecule has 4 rings (SSSR count). The van der Waals surface area contributed by atoms with Crippen molar-refractivity contribution >= 4 is 17.2 Å². The molecule has 0 spiro atoms. The normalized spacial score (nSPS) is 17.0. The van der Waals surface area contributed by atoms with E-state index in [-0.39, 0.29) is 22.5 Å². The number of hydrogen-bond acceptors (Lipinski definition) is 7. The minimum atomic E-state index is -0.468. The lowest BCUT2D eigenvalue weighted by Crippen LogP contribution is -2.19. The van der Waals surface area contributed by atoms with Crippen LogP contribution in [0, 0.1) is 20.2 Å². The van der Waals surface area contributed by atoms with Gasteiger partial charge < -0.3 is 0 Å². The Bertz CT molecular complexity index is 961. The van der Waals surface area contributed by atoms with E-state index in [1.165, 1.54) is 12.1 Å². The second kappa shape index (κ2) is 9.54. The zero-order chi connectivity index (χ0) is 22.7. The summed E-state index contributed by atoms with van der Waals surface area (Å²) in [6.45, 7) is 4.58. The standard InChI is InChI=1S/C23H26N4O5/c28-23(17-5-7-19(21(13-17)26(29)30)15-24-9-1-2-10-24)18-6-8-20(22(14-18)27(31)32)16-25-11-3-4-12-25/h5-8,13-14H,1-4,9-12,15-16H2. The van der Waals surface area contributed by atoms with Gasteiger partial charge in [-0.15, -0.1) is 0 Å². The maximum absolute atomic E-state index is 13.0. The van der Waals surface area contributed by atoms with Crippen LogP contribution in [0.3, 0.4) is 0 Å². The Morgan fingerprint density at radius 1 is 0.719 bits per heavy atom. The van der Waals surface area contributed by atoms with Gasteiger partial charge in [-0.3, -0.25) is 34.8 Å². The average Bonchev–Trinajstić information content (AvgIpc) is 3.48. The van der Waals surface area contributed by atoms with E-state index < -0.39 is 15.6 Å². The molecule has 0 N–H and O–H groups in total. The average molecular weight is 438 g/mol. The molecule has 2 aliphatic heterocycles. The van der Waals surface area contributed by atoms with Crippen LogP contribution in [-0.4, -0.2) is 51.6 Å². The Balaban J connectivity index is 1.60. The number of carbonyl (C=O) groups is 1. The molecule has 2 aromatic rings. The number of likely N-dealkylation sites (tertiary alicyclic amines) is 2. The van der Waals surface area contributed by atoms with Gasteiger partial charge in [-0.25, -0.2) is 0 Å². The lowest BCUT2D eigenvalue weighted by molar-refractivity contribution is -0.385. The smallest absolute Gasteiger partial charge is 0.274 e. The molecule has 0 bridgehead atoms. The summed E-state index contributed by atoms with van der Waals surface area (Å²) < 4.78 is 0. The van der Waals surface area contributed by atoms with E-state index in [4.69, 9.17) is 0 Å². The first-order valence-electron chi connectivity index (χ1n) is 11.0. The summed E-state index contributed by atoms with van der Waals surface area (Å²) in [5.41, 5.74) is 1.26. The Morgan fingerprint density at radius 3 is 1.44 bits per heavy atom. The van der Waals surface area contributed by atoms with Crippen LogP contribution in [0.5, 0.6) is 0 Å². The lowest BCUT2D eigenvalue weighted by atomic mass is 9.98. The second-order valence-corrected chi connectivity index (χ2v) is 8.50. The Morgan fingerprint density at radius 2 is 1.09 bits per heavy atom. The Labute approximate surface area is 185 Å². The molecule has 9 nitrogen and oxygen atoms in total. The fraction of sp³-hybridized carbons (Fsp3) is 0.435. The molecule has 0 saturated carbocycles. The number of carbonyl (C=O) groups excluding carboxylic acids is 1. The summed E-state index contributed by atoms with van der Waals surface area (Å²) in [4.78, 5) is 39.7. The number of nitro benzene ring substituents is 2. The van der Waals surface area contributed by atoms with Crippen LogP contribution in [0.25, 0.3) is 0 Å². The first-order valence-corrected chi connectivity index (χ1v) is 11.0. The van der Waals surface area contributed by atoms with Gasteiger partial charge in [0.15, 0.2) is 5.78 Å². The van der Waals surface area contributed by atoms with E-state index in [0.29, 0.717) is 24.2 Å². The third-order valence-electron chi connectivity index (χ3n) is 6.27. The summed E-state index contributed by atoms with van der Waals surface area (Å²) >= 11 is 0. The van der Waals surface area contributed by atoms with E-state index in [1.807, 2.05) is 0 Å². The summed E-state index contributed by atoms with van der Waals surface area (Å²) in [6, 6.07) is 8.98. The highest BCUT2D eigenvalue weighted by Crippen LogP contribution is 2.28. The van der Waals surface area contributed by atoms with Crippen LogP contribution in [0.2, 0.25) is 0 Å². The van der Waals surface area contributed by atoms with Gasteiger partial charge in [0.2, 0.25) is 0 Å². The highest BCUT2D eigenvalue weighted by Gasteiger charge is 2.24. The third-order valence-corrected chi connectivity index (χ3v) is 6.27. The van der Waals surface area contributed by atoms with Gasteiger partial charge in [0.05, 0.1) is 9.85 Å². The fourth-order valence-electron chi connectivity index (χ4n) is 4.55. The van der Waals surface area contributed by atoms with E-state index in [9.17, 15) is 25.0 Å². The topological polar surface area (TPSA) is 110 Å². The quantitative estimate of drug-likeness (QED) is 0.349. The lowest BCUT2D eigenvalue weighted by Gasteiger charge is -2.15. The molecular weight excluding hydrogens is 412 g/mol. The van der Waals surface area contributed by atoms with E-state index in [0.717, 1.165) is 51.9 Å². The van der Waals surface area contributed by atoms with Gasteiger partial charge in [-0.1, -0.05) is 24.3 Å². The molecular formula is C23H26N4O5. The summed E-state index contributed by atoms with van der Waals surface area (Å²) in [5.74, 6) is -0.461. The van der Waals surface area contributed by atoms with Crippen molar-refractivity contribution in [3.63, 3.8) is 0 Å². The van der Waals surface area contributed by atoms with Crippen molar-refractivity contribution in [1.82, 2.24) is 9.80 Å². The number of rotatable bonds is 8. The SMILES string of the molecule is O=C(c1ccc(CN2CCCC2)c([N+](=O)[O-])c1)c1ccc(CN2CCCC2)c([N+](=O)[O-])c1. The van der Waals surface area contributed by atoms with Crippen molar-refractivity contribution in [2.75, 3.05) is 26.2 Å². The van der Waals surface area contributed by atoms with Crippen LogP contribution >= 0.6 is 0 Å². The monoisotopic (exact) mass is 438 g/mol. The largest absolute Gasteiger partial charge is 0.299 e. The number of nitro groups is 2. The van der Waals surface area contributed by atoms with Crippen molar-refractivity contribution in [2.45, 2.75) is 38.8 Å². The molecule has 0 aliphatic carbocycles. The number of ketones is 1. The molecule has 0 unspecified atom stereocenters. The first-order chi connectivity index (χ1) is 15.4. The maximum Gasteiger partial charge on any atom is 0.274 e. The van der Waals surface area contributed by atoms with Gasteiger partial charge >= 0.3 is 0 Å². The van der Waals surface area contributed by atoms with Gasteiger partial charge in [0, 0.05) is 47.5 Å². The molecule has 32 heavy (non-hydrogen) atoms. The van der Waals surface area contributed by atoms with Crippen molar-refractivity contribution in [3.8, 4) is 0 Å². The summed E-state index contributed by atoms with van der Waals surface area (Å²) in [7, 11) is 0. The minimum Gasteiger partial charge on any atom is -0.299 e. The molecule has 9 heteroatoms. The number of hydrogen-bond donors (Lipinski definition) is 0. The van der Waals surface area contributed by atoms with Gasteiger partial charge in [-0.2, -0.15) is 0 Å². The van der Waals surface area contributed by atoms with E-state index >= 15 is 0 Å². The molecule has 2 fully saturated rings. The Kier molecular flexibility index (Phi) is 6.57. The molecule has 2 heterocycles. The fourth-order valence-corrected chi connectivity index (χ4v) is 4.55. The highest BCUT2D eigenvalue weighted by atomic mass is 16.6. The minimum absolute atomic E-state index is 0.0945. The summed E-state index contributed by atoms with van der Waals surface area (Å²) in [5, 5.41) is 23.3. The van der Waals surface area contributed by atoms with Gasteiger partial charge in [0.1, 0.15) is 0 Å². The van der Waals surface area contributed by atoms with Crippen molar-refractivity contribution < 1.29 is 14.6 Å². The zero-order valence-electron chi connectivity index (χ0n) is 17.9. The molecule has 0 amide bonds. The molecule has 168 valence electrons.